The molecule has 0 saturated carbocycles. The van der Waals surface area contributed by atoms with Gasteiger partial charge >= 0.3 is 5.97 Å². The number of hydrogen-bond acceptors (Lipinski definition) is 6. The molecule has 134 valence electrons. The number of carboxylic acid groups (broad SMARTS) is 1. The summed E-state index contributed by atoms with van der Waals surface area (Å²) in [5.41, 5.74) is 2.81. The van der Waals surface area contributed by atoms with Gasteiger partial charge in [-0.3, -0.25) is 19.7 Å². The molecule has 0 fully saturated rings. The number of nitro benzene ring substituents is 1. The number of carbonyl (C=O) groups is 2. The predicted molar refractivity (Wildman–Crippen MR) is 98.0 cm³/mol. The number of benzene rings is 2. The lowest BCUT2D eigenvalue weighted by Crippen LogP contribution is -2.17. The Balaban J connectivity index is 2.08. The monoisotopic (exact) mass is 393 g/mol. The zero-order chi connectivity index (χ0) is 19.1. The van der Waals surface area contributed by atoms with E-state index in [0.29, 0.717) is 16.1 Å². The second-order valence-corrected chi connectivity index (χ2v) is 6.33. The minimum atomic E-state index is -1.07. The van der Waals surface area contributed by atoms with Gasteiger partial charge in [-0.05, 0) is 30.3 Å². The Bertz CT molecular complexity index is 871. The lowest BCUT2D eigenvalue weighted by Gasteiger charge is -2.03. The maximum Gasteiger partial charge on any atom is 0.313 e. The fourth-order valence-corrected chi connectivity index (χ4v) is 2.70. The van der Waals surface area contributed by atoms with Crippen LogP contribution in [0.15, 0.2) is 52.5 Å². The molecule has 0 aliphatic rings. The smallest absolute Gasteiger partial charge is 0.313 e. The summed E-state index contributed by atoms with van der Waals surface area (Å²) in [7, 11) is 0. The van der Waals surface area contributed by atoms with Gasteiger partial charge < -0.3 is 5.11 Å². The second-order valence-electron chi connectivity index (χ2n) is 4.87. The van der Waals surface area contributed by atoms with Crippen LogP contribution in [0.1, 0.15) is 15.9 Å². The van der Waals surface area contributed by atoms with Crippen LogP contribution in [0.2, 0.25) is 5.02 Å². The average Bonchev–Trinajstić information content (AvgIpc) is 2.60. The molecule has 0 bridgehead atoms. The summed E-state index contributed by atoms with van der Waals surface area (Å²) < 4.78 is 0. The van der Waals surface area contributed by atoms with Crippen LogP contribution in [0.25, 0.3) is 0 Å². The molecule has 0 atom stereocenters. The van der Waals surface area contributed by atoms with Crippen molar-refractivity contribution in [3.8, 4) is 0 Å². The van der Waals surface area contributed by atoms with E-state index in [1.165, 1.54) is 36.5 Å². The lowest BCUT2D eigenvalue weighted by molar-refractivity contribution is -0.387. The third-order valence-electron chi connectivity index (χ3n) is 3.02. The van der Waals surface area contributed by atoms with Crippen LogP contribution in [0.3, 0.4) is 0 Å². The summed E-state index contributed by atoms with van der Waals surface area (Å²) in [6, 6.07) is 10.4. The first-order valence-electron chi connectivity index (χ1n) is 7.09. The van der Waals surface area contributed by atoms with Crippen LogP contribution in [-0.4, -0.2) is 33.9 Å². The number of hydrogen-bond donors (Lipinski definition) is 2. The van der Waals surface area contributed by atoms with Gasteiger partial charge in [-0.1, -0.05) is 17.7 Å². The standard InChI is InChI=1S/C16H12ClN3O5S/c17-12-4-2-11(3-5-12)16(23)19-18-8-10-1-6-14(26-9-15(21)22)13(7-10)20(24)25/h1-8H,9H2,(H,19,23)(H,21,22)/b18-8-. The Morgan fingerprint density at radius 1 is 1.27 bits per heavy atom. The van der Waals surface area contributed by atoms with Crippen LogP contribution in [0, 0.1) is 10.1 Å². The molecule has 0 aliphatic heterocycles. The summed E-state index contributed by atoms with van der Waals surface area (Å²) in [5, 5.41) is 24.1. The zero-order valence-electron chi connectivity index (χ0n) is 13.1. The molecule has 2 rings (SSSR count). The normalized spacial score (nSPS) is 10.7. The van der Waals surface area contributed by atoms with E-state index in [1.54, 1.807) is 12.1 Å². The van der Waals surface area contributed by atoms with Gasteiger partial charge in [0.1, 0.15) is 0 Å². The zero-order valence-corrected chi connectivity index (χ0v) is 14.7. The molecular formula is C16H12ClN3O5S. The summed E-state index contributed by atoms with van der Waals surface area (Å²) in [4.78, 5) is 33.3. The third kappa shape index (κ3) is 5.57. The van der Waals surface area contributed by atoms with Gasteiger partial charge in [-0.2, -0.15) is 5.10 Å². The molecule has 0 heterocycles. The van der Waals surface area contributed by atoms with Crippen molar-refractivity contribution in [1.29, 1.82) is 0 Å². The number of halogens is 1. The van der Waals surface area contributed by atoms with Gasteiger partial charge in [0.25, 0.3) is 11.6 Å². The molecule has 0 saturated heterocycles. The fourth-order valence-electron chi connectivity index (χ4n) is 1.85. The van der Waals surface area contributed by atoms with Gasteiger partial charge in [0, 0.05) is 22.2 Å². The number of rotatable bonds is 7. The minimum absolute atomic E-state index is 0.232. The minimum Gasteiger partial charge on any atom is -0.481 e. The van der Waals surface area contributed by atoms with E-state index in [0.717, 1.165) is 11.8 Å². The third-order valence-corrected chi connectivity index (χ3v) is 4.32. The highest BCUT2D eigenvalue weighted by Crippen LogP contribution is 2.29. The molecule has 0 spiro atoms. The first-order chi connectivity index (χ1) is 12.4. The summed E-state index contributed by atoms with van der Waals surface area (Å²) >= 11 is 6.60. The molecule has 8 nitrogen and oxygen atoms in total. The van der Waals surface area contributed by atoms with Crippen molar-refractivity contribution in [2.75, 3.05) is 5.75 Å². The van der Waals surface area contributed by atoms with E-state index in [4.69, 9.17) is 16.7 Å². The maximum atomic E-state index is 11.9. The van der Waals surface area contributed by atoms with Crippen LogP contribution >= 0.6 is 23.4 Å². The first kappa shape index (κ1) is 19.4. The topological polar surface area (TPSA) is 122 Å². The second kappa shape index (κ2) is 8.97. The van der Waals surface area contributed by atoms with E-state index in [-0.39, 0.29) is 16.3 Å². The van der Waals surface area contributed by atoms with E-state index >= 15 is 0 Å². The molecule has 0 aromatic heterocycles. The summed E-state index contributed by atoms with van der Waals surface area (Å²) in [6.07, 6.45) is 1.26. The Hall–Kier alpha value is -2.91. The van der Waals surface area contributed by atoms with Gasteiger partial charge in [0.15, 0.2) is 0 Å². The van der Waals surface area contributed by atoms with Crippen LogP contribution in [0.5, 0.6) is 0 Å². The highest BCUT2D eigenvalue weighted by Gasteiger charge is 2.15. The van der Waals surface area contributed by atoms with Crippen LogP contribution < -0.4 is 5.43 Å². The number of nitrogens with zero attached hydrogens (tertiary/aromatic N) is 2. The summed E-state index contributed by atoms with van der Waals surface area (Å²) in [6.45, 7) is 0. The van der Waals surface area contributed by atoms with E-state index in [2.05, 4.69) is 10.5 Å². The van der Waals surface area contributed by atoms with Crippen molar-refractivity contribution < 1.29 is 19.6 Å². The van der Waals surface area contributed by atoms with Crippen LogP contribution in [-0.2, 0) is 4.79 Å². The Labute approximate surface area is 157 Å². The van der Waals surface area contributed by atoms with Crippen molar-refractivity contribution in [3.05, 3.63) is 68.7 Å². The van der Waals surface area contributed by atoms with E-state index < -0.39 is 16.8 Å². The molecule has 1 amide bonds. The SMILES string of the molecule is O=C(O)CSc1ccc(/C=N\NC(=O)c2ccc(Cl)cc2)cc1[N+](=O)[O-]. The lowest BCUT2D eigenvalue weighted by atomic mass is 10.2. The number of carboxylic acids is 1. The predicted octanol–water partition coefficient (Wildman–Crippen LogP) is 3.19. The number of hydrazone groups is 1. The van der Waals surface area contributed by atoms with Gasteiger partial charge in [0.05, 0.1) is 21.8 Å². The molecule has 10 heteroatoms. The first-order valence-corrected chi connectivity index (χ1v) is 8.45. The van der Waals surface area contributed by atoms with Gasteiger partial charge in [-0.15, -0.1) is 11.8 Å². The number of carbonyl (C=O) groups excluding carboxylic acids is 1. The van der Waals surface area contributed by atoms with Crippen molar-refractivity contribution in [2.45, 2.75) is 4.90 Å². The van der Waals surface area contributed by atoms with Gasteiger partial charge in [0.2, 0.25) is 0 Å². The molecule has 2 N–H and O–H groups in total. The Kier molecular flexibility index (Phi) is 6.70. The number of thioether (sulfide) groups is 1. The molecule has 2 aromatic rings. The molecule has 0 unspecified atom stereocenters. The maximum absolute atomic E-state index is 11.9. The summed E-state index contributed by atoms with van der Waals surface area (Å²) in [5.74, 6) is -1.81. The van der Waals surface area contributed by atoms with Crippen molar-refractivity contribution in [2.24, 2.45) is 5.10 Å². The number of nitrogens with one attached hydrogen (secondary N) is 1. The molecule has 0 radical (unpaired) electrons. The fraction of sp³-hybridized carbons (Fsp3) is 0.0625. The number of nitro groups is 1. The highest BCUT2D eigenvalue weighted by molar-refractivity contribution is 8.00. The van der Waals surface area contributed by atoms with E-state index in [1.807, 2.05) is 0 Å². The molecule has 0 aliphatic carbocycles. The number of amides is 1. The van der Waals surface area contributed by atoms with E-state index in [9.17, 15) is 19.7 Å². The molecular weight excluding hydrogens is 382 g/mol. The van der Waals surface area contributed by atoms with Crippen molar-refractivity contribution in [1.82, 2.24) is 5.43 Å². The average molecular weight is 394 g/mol. The largest absolute Gasteiger partial charge is 0.481 e. The Morgan fingerprint density at radius 2 is 1.96 bits per heavy atom. The van der Waals surface area contributed by atoms with Crippen molar-refractivity contribution in [3.63, 3.8) is 0 Å². The number of aliphatic carboxylic acids is 1. The van der Waals surface area contributed by atoms with Gasteiger partial charge in [-0.25, -0.2) is 5.43 Å². The van der Waals surface area contributed by atoms with Crippen LogP contribution in [0.4, 0.5) is 5.69 Å². The Morgan fingerprint density at radius 3 is 2.58 bits per heavy atom. The molecule has 2 aromatic carbocycles. The molecule has 26 heavy (non-hydrogen) atoms. The quantitative estimate of drug-likeness (QED) is 0.322. The van der Waals surface area contributed by atoms with Crippen molar-refractivity contribution >= 4 is 47.1 Å². The highest BCUT2D eigenvalue weighted by atomic mass is 35.5.